The largest absolute Gasteiger partial charge is 0.497 e. The first-order valence-electron chi connectivity index (χ1n) is 9.66. The maximum absolute atomic E-state index is 13.7. The molecule has 1 amide bonds. The number of methoxy groups -OCH3 is 2. The number of fused-ring (bicyclic) bond motifs is 2. The summed E-state index contributed by atoms with van der Waals surface area (Å²) in [5, 5.41) is 3.00. The maximum atomic E-state index is 13.7. The highest BCUT2D eigenvalue weighted by atomic mass is 35.5. The van der Waals surface area contributed by atoms with Gasteiger partial charge in [-0.1, -0.05) is 11.6 Å². The normalized spacial score (nSPS) is 15.3. The van der Waals surface area contributed by atoms with Gasteiger partial charge < -0.3 is 13.9 Å². The summed E-state index contributed by atoms with van der Waals surface area (Å²) in [6, 6.07) is 9.17. The molecule has 162 valence electrons. The molecule has 0 fully saturated rings. The van der Waals surface area contributed by atoms with E-state index < -0.39 is 11.9 Å². The Bertz CT molecular complexity index is 1440. The Labute approximate surface area is 191 Å². The molecule has 2 aromatic heterocycles. The predicted octanol–water partition coefficient (Wildman–Crippen LogP) is 4.98. The van der Waals surface area contributed by atoms with Crippen LogP contribution in [0.4, 0.5) is 5.13 Å². The minimum atomic E-state index is -0.812. The lowest BCUT2D eigenvalue weighted by atomic mass is 9.97. The number of thiazole rings is 1. The SMILES string of the molecule is COc1ccc(OC)c(C2c3c(oc4ccc(Cl)cc4c3=O)C(=O)N2c2nc(C)cs2)c1. The van der Waals surface area contributed by atoms with Crippen molar-refractivity contribution in [3.8, 4) is 11.5 Å². The number of amides is 1. The van der Waals surface area contributed by atoms with E-state index in [1.54, 1.807) is 43.5 Å². The number of benzene rings is 2. The topological polar surface area (TPSA) is 81.9 Å². The number of hydrogen-bond acceptors (Lipinski definition) is 7. The maximum Gasteiger partial charge on any atom is 0.297 e. The molecule has 1 aliphatic rings. The highest BCUT2D eigenvalue weighted by Crippen LogP contribution is 2.45. The Kier molecular flexibility index (Phi) is 4.91. The lowest BCUT2D eigenvalue weighted by Gasteiger charge is -2.24. The lowest BCUT2D eigenvalue weighted by molar-refractivity contribution is 0.0970. The van der Waals surface area contributed by atoms with Crippen LogP contribution in [-0.4, -0.2) is 25.1 Å². The van der Waals surface area contributed by atoms with Crippen LogP contribution >= 0.6 is 22.9 Å². The third kappa shape index (κ3) is 3.06. The number of carbonyl (C=O) groups is 1. The van der Waals surface area contributed by atoms with Crippen molar-refractivity contribution in [3.05, 3.63) is 79.6 Å². The number of aryl methyl sites for hydroxylation is 1. The summed E-state index contributed by atoms with van der Waals surface area (Å²) >= 11 is 7.45. The van der Waals surface area contributed by atoms with Crippen molar-refractivity contribution in [1.29, 1.82) is 0 Å². The molecule has 32 heavy (non-hydrogen) atoms. The molecule has 9 heteroatoms. The Balaban J connectivity index is 1.86. The standard InChI is InChI=1S/C23H17ClN2O5S/c1-11-10-32-23(25-11)26-19(14-9-13(29-2)5-7-16(14)30-3)18-20(27)15-8-12(24)4-6-17(15)31-21(18)22(26)28/h4-10,19H,1-3H3. The monoisotopic (exact) mass is 468 g/mol. The van der Waals surface area contributed by atoms with Crippen molar-refractivity contribution in [2.75, 3.05) is 19.1 Å². The molecule has 0 radical (unpaired) electrons. The van der Waals surface area contributed by atoms with E-state index in [4.69, 9.17) is 25.5 Å². The van der Waals surface area contributed by atoms with E-state index in [1.807, 2.05) is 12.3 Å². The van der Waals surface area contributed by atoms with Gasteiger partial charge >= 0.3 is 0 Å². The minimum Gasteiger partial charge on any atom is -0.497 e. The average molecular weight is 469 g/mol. The van der Waals surface area contributed by atoms with E-state index in [-0.39, 0.29) is 16.8 Å². The fraction of sp³-hybridized carbons (Fsp3) is 0.174. The van der Waals surface area contributed by atoms with E-state index in [0.29, 0.717) is 38.2 Å². The van der Waals surface area contributed by atoms with Crippen molar-refractivity contribution in [3.63, 3.8) is 0 Å². The number of rotatable bonds is 4. The van der Waals surface area contributed by atoms with Gasteiger partial charge in [0.15, 0.2) is 10.6 Å². The van der Waals surface area contributed by atoms with Gasteiger partial charge in [-0.3, -0.25) is 14.5 Å². The number of ether oxygens (including phenoxy) is 2. The summed E-state index contributed by atoms with van der Waals surface area (Å²) in [7, 11) is 3.08. The van der Waals surface area contributed by atoms with Crippen LogP contribution in [0.3, 0.4) is 0 Å². The first kappa shape index (κ1) is 20.5. The molecule has 0 bridgehead atoms. The highest BCUT2D eigenvalue weighted by molar-refractivity contribution is 7.14. The second-order valence-electron chi connectivity index (χ2n) is 7.27. The minimum absolute atomic E-state index is 0.0208. The van der Waals surface area contributed by atoms with E-state index in [0.717, 1.165) is 5.69 Å². The van der Waals surface area contributed by atoms with Gasteiger partial charge in [0, 0.05) is 16.0 Å². The summed E-state index contributed by atoms with van der Waals surface area (Å²) < 4.78 is 16.9. The first-order chi connectivity index (χ1) is 15.4. The van der Waals surface area contributed by atoms with Crippen LogP contribution in [0.1, 0.15) is 33.4 Å². The van der Waals surface area contributed by atoms with E-state index in [9.17, 15) is 9.59 Å². The summed E-state index contributed by atoms with van der Waals surface area (Å²) in [4.78, 5) is 33.2. The zero-order valence-electron chi connectivity index (χ0n) is 17.3. The molecule has 3 heterocycles. The van der Waals surface area contributed by atoms with Gasteiger partial charge in [0.2, 0.25) is 5.76 Å². The second kappa shape index (κ2) is 7.65. The van der Waals surface area contributed by atoms with Crippen LogP contribution in [0, 0.1) is 6.92 Å². The van der Waals surface area contributed by atoms with Crippen molar-refractivity contribution < 1.29 is 18.7 Å². The molecule has 7 nitrogen and oxygen atoms in total. The Morgan fingerprint density at radius 2 is 1.94 bits per heavy atom. The molecule has 0 aliphatic carbocycles. The molecule has 1 aliphatic heterocycles. The highest BCUT2D eigenvalue weighted by Gasteiger charge is 2.46. The third-order valence-corrected chi connectivity index (χ3v) is 6.57. The fourth-order valence-corrected chi connectivity index (χ4v) is 4.94. The molecule has 4 aromatic rings. The smallest absolute Gasteiger partial charge is 0.297 e. The van der Waals surface area contributed by atoms with Gasteiger partial charge in [-0.05, 0) is 43.3 Å². The molecule has 0 spiro atoms. The van der Waals surface area contributed by atoms with E-state index >= 15 is 0 Å². The Morgan fingerprint density at radius 3 is 2.62 bits per heavy atom. The number of aromatic nitrogens is 1. The zero-order chi connectivity index (χ0) is 22.6. The second-order valence-corrected chi connectivity index (χ2v) is 8.54. The molecule has 1 unspecified atom stereocenters. The number of halogens is 1. The molecular weight excluding hydrogens is 452 g/mol. The van der Waals surface area contributed by atoms with Gasteiger partial charge in [0.25, 0.3) is 5.91 Å². The molecule has 2 aromatic carbocycles. The van der Waals surface area contributed by atoms with Gasteiger partial charge in [-0.25, -0.2) is 4.98 Å². The van der Waals surface area contributed by atoms with Crippen LogP contribution in [0.5, 0.6) is 11.5 Å². The molecule has 5 rings (SSSR count). The Morgan fingerprint density at radius 1 is 1.12 bits per heavy atom. The number of anilines is 1. The molecule has 0 saturated carbocycles. The van der Waals surface area contributed by atoms with Gasteiger partial charge in [0.1, 0.15) is 23.1 Å². The molecule has 0 N–H and O–H groups in total. The predicted molar refractivity (Wildman–Crippen MR) is 123 cm³/mol. The fourth-order valence-electron chi connectivity index (χ4n) is 3.94. The number of carbonyl (C=O) groups excluding carboxylic acids is 1. The number of hydrogen-bond donors (Lipinski definition) is 0. The summed E-state index contributed by atoms with van der Waals surface area (Å²) in [6.45, 7) is 1.84. The summed E-state index contributed by atoms with van der Waals surface area (Å²) in [6.07, 6.45) is 0. The van der Waals surface area contributed by atoms with Crippen LogP contribution in [-0.2, 0) is 0 Å². The van der Waals surface area contributed by atoms with Crippen LogP contribution in [0.25, 0.3) is 11.0 Å². The van der Waals surface area contributed by atoms with Gasteiger partial charge in [0.05, 0.1) is 30.9 Å². The zero-order valence-corrected chi connectivity index (χ0v) is 18.9. The Hall–Kier alpha value is -3.36. The van der Waals surface area contributed by atoms with E-state index in [2.05, 4.69) is 4.98 Å². The molecule has 0 saturated heterocycles. The first-order valence-corrected chi connectivity index (χ1v) is 10.9. The van der Waals surface area contributed by atoms with Crippen LogP contribution in [0.15, 0.2) is 51.0 Å². The van der Waals surface area contributed by atoms with Crippen molar-refractivity contribution in [2.45, 2.75) is 13.0 Å². The van der Waals surface area contributed by atoms with Gasteiger partial charge in [-0.15, -0.1) is 11.3 Å². The summed E-state index contributed by atoms with van der Waals surface area (Å²) in [5.41, 5.74) is 1.52. The third-order valence-electron chi connectivity index (χ3n) is 5.38. The van der Waals surface area contributed by atoms with E-state index in [1.165, 1.54) is 23.3 Å². The van der Waals surface area contributed by atoms with Gasteiger partial charge in [-0.2, -0.15) is 0 Å². The van der Waals surface area contributed by atoms with Crippen molar-refractivity contribution in [2.24, 2.45) is 0 Å². The quantitative estimate of drug-likeness (QED) is 0.420. The number of nitrogens with zero attached hydrogens (tertiary/aromatic N) is 2. The van der Waals surface area contributed by atoms with Crippen LogP contribution < -0.4 is 19.8 Å². The molecular formula is C23H17ClN2O5S. The van der Waals surface area contributed by atoms with Crippen molar-refractivity contribution >= 4 is 44.9 Å². The van der Waals surface area contributed by atoms with Crippen LogP contribution in [0.2, 0.25) is 5.02 Å². The molecule has 1 atom stereocenters. The van der Waals surface area contributed by atoms with Crippen molar-refractivity contribution in [1.82, 2.24) is 4.98 Å². The average Bonchev–Trinajstić information content (AvgIpc) is 3.34. The summed E-state index contributed by atoms with van der Waals surface area (Å²) in [5.74, 6) is 0.594. The lowest BCUT2D eigenvalue weighted by Crippen LogP contribution is -2.29.